The molecule has 1 saturated heterocycles. The molecule has 96 valence electrons. The summed E-state index contributed by atoms with van der Waals surface area (Å²) in [5.41, 5.74) is 4.24. The first-order valence-corrected chi connectivity index (χ1v) is 6.62. The number of rotatable bonds is 1. The maximum absolute atomic E-state index is 9.28. The average Bonchev–Trinajstić information content (AvgIpc) is 2.84. The molecule has 1 heterocycles. The summed E-state index contributed by atoms with van der Waals surface area (Å²) < 4.78 is 5.76. The van der Waals surface area contributed by atoms with Gasteiger partial charge < -0.3 is 4.74 Å². The number of fused-ring (bicyclic) bond motifs is 2. The van der Waals surface area contributed by atoms with Gasteiger partial charge in [-0.05, 0) is 24.5 Å². The Balaban J connectivity index is 2.19. The van der Waals surface area contributed by atoms with Gasteiger partial charge in [-0.15, -0.1) is 0 Å². The third-order valence-electron chi connectivity index (χ3n) is 4.45. The summed E-state index contributed by atoms with van der Waals surface area (Å²) in [4.78, 5) is 0. The van der Waals surface area contributed by atoms with Crippen molar-refractivity contribution in [3.8, 4) is 6.07 Å². The molecule has 2 aliphatic rings. The fourth-order valence-corrected chi connectivity index (χ4v) is 3.46. The van der Waals surface area contributed by atoms with E-state index in [4.69, 9.17) is 4.74 Å². The Labute approximate surface area is 114 Å². The van der Waals surface area contributed by atoms with Crippen LogP contribution in [0.1, 0.15) is 24.5 Å². The zero-order chi connectivity index (χ0) is 13.5. The van der Waals surface area contributed by atoms with Crippen molar-refractivity contribution in [3.05, 3.63) is 53.6 Å². The second kappa shape index (κ2) is 4.36. The van der Waals surface area contributed by atoms with E-state index in [0.29, 0.717) is 5.92 Å². The maximum Gasteiger partial charge on any atom is 0.0994 e. The summed E-state index contributed by atoms with van der Waals surface area (Å²) in [6.45, 7) is 7.66. The van der Waals surface area contributed by atoms with E-state index < -0.39 is 0 Å². The lowest BCUT2D eigenvalue weighted by Gasteiger charge is -2.38. The first-order valence-electron chi connectivity index (χ1n) is 6.62. The molecular formula is C17H17NO. The van der Waals surface area contributed by atoms with Crippen molar-refractivity contribution in [2.45, 2.75) is 18.8 Å². The molecular weight excluding hydrogens is 234 g/mol. The highest BCUT2D eigenvalue weighted by Gasteiger charge is 2.47. The third kappa shape index (κ3) is 1.66. The van der Waals surface area contributed by atoms with Crippen LogP contribution < -0.4 is 0 Å². The lowest BCUT2D eigenvalue weighted by molar-refractivity contribution is 0.176. The summed E-state index contributed by atoms with van der Waals surface area (Å²) in [5, 5.41) is 9.28. The van der Waals surface area contributed by atoms with Crippen molar-refractivity contribution in [2.24, 2.45) is 5.92 Å². The number of allylic oxidation sites excluding steroid dienone is 2. The van der Waals surface area contributed by atoms with Crippen LogP contribution in [0.15, 0.2) is 42.5 Å². The second-order valence-corrected chi connectivity index (χ2v) is 5.55. The van der Waals surface area contributed by atoms with Gasteiger partial charge in [-0.25, -0.2) is 0 Å². The molecule has 0 amide bonds. The van der Waals surface area contributed by atoms with Gasteiger partial charge in [-0.2, -0.15) is 5.26 Å². The smallest absolute Gasteiger partial charge is 0.0994 e. The van der Waals surface area contributed by atoms with Crippen LogP contribution >= 0.6 is 0 Å². The van der Waals surface area contributed by atoms with Crippen LogP contribution in [-0.4, -0.2) is 13.2 Å². The molecule has 1 fully saturated rings. The van der Waals surface area contributed by atoms with Crippen LogP contribution in [0.5, 0.6) is 0 Å². The number of nitrogens with zero attached hydrogens (tertiary/aromatic N) is 1. The van der Waals surface area contributed by atoms with Gasteiger partial charge in [-0.3, -0.25) is 0 Å². The highest BCUT2D eigenvalue weighted by Crippen LogP contribution is 2.49. The Bertz CT molecular complexity index is 608. The Morgan fingerprint density at radius 1 is 1.47 bits per heavy atom. The van der Waals surface area contributed by atoms with E-state index in [1.54, 1.807) is 0 Å². The molecule has 2 heteroatoms. The zero-order valence-corrected chi connectivity index (χ0v) is 11.1. The van der Waals surface area contributed by atoms with Gasteiger partial charge in [0.15, 0.2) is 0 Å². The topological polar surface area (TPSA) is 33.0 Å². The minimum atomic E-state index is -0.0250. The first-order chi connectivity index (χ1) is 9.19. The van der Waals surface area contributed by atoms with Gasteiger partial charge in [0.1, 0.15) is 0 Å². The van der Waals surface area contributed by atoms with Crippen molar-refractivity contribution < 1.29 is 4.74 Å². The molecule has 1 aliphatic carbocycles. The van der Waals surface area contributed by atoms with E-state index in [2.05, 4.69) is 37.8 Å². The van der Waals surface area contributed by atoms with E-state index >= 15 is 0 Å². The highest BCUT2D eigenvalue weighted by molar-refractivity contribution is 5.81. The molecule has 0 N–H and O–H groups in total. The molecule has 2 atom stereocenters. The van der Waals surface area contributed by atoms with Crippen LogP contribution in [0.25, 0.3) is 5.57 Å². The molecule has 0 saturated carbocycles. The Hall–Kier alpha value is -1.85. The fraction of sp³-hybridized carbons (Fsp3) is 0.353. The standard InChI is InChI=1S/C17H17NO/c1-12(2)16-10-19-11-17(16)8-7-13(9-18)14-5-3-4-6-15(14)17/h3-7,16H,1,8,10-11H2,2H3/t16-,17+/m1/s1. The van der Waals surface area contributed by atoms with Crippen LogP contribution in [0.4, 0.5) is 0 Å². The summed E-state index contributed by atoms with van der Waals surface area (Å²) >= 11 is 0. The van der Waals surface area contributed by atoms with Crippen LogP contribution in [0.3, 0.4) is 0 Å². The van der Waals surface area contributed by atoms with Crippen molar-refractivity contribution >= 4 is 5.57 Å². The number of hydrogen-bond donors (Lipinski definition) is 0. The molecule has 3 rings (SSSR count). The lowest BCUT2D eigenvalue weighted by Crippen LogP contribution is -2.37. The normalized spacial score (nSPS) is 28.6. The van der Waals surface area contributed by atoms with E-state index in [0.717, 1.165) is 30.8 Å². The van der Waals surface area contributed by atoms with Crippen LogP contribution in [0.2, 0.25) is 0 Å². The zero-order valence-electron chi connectivity index (χ0n) is 11.1. The Morgan fingerprint density at radius 2 is 2.26 bits per heavy atom. The van der Waals surface area contributed by atoms with Crippen molar-refractivity contribution in [2.75, 3.05) is 13.2 Å². The van der Waals surface area contributed by atoms with E-state index in [-0.39, 0.29) is 5.41 Å². The minimum Gasteiger partial charge on any atom is -0.380 e. The average molecular weight is 251 g/mol. The third-order valence-corrected chi connectivity index (χ3v) is 4.45. The van der Waals surface area contributed by atoms with Gasteiger partial charge in [-0.1, -0.05) is 42.5 Å². The SMILES string of the molecule is C=C(C)[C@H]1COC[C@]12CC=C(C#N)c1ccccc12. The molecule has 1 aromatic carbocycles. The van der Waals surface area contributed by atoms with Gasteiger partial charge in [0.05, 0.1) is 24.9 Å². The molecule has 0 radical (unpaired) electrons. The number of nitriles is 1. The minimum absolute atomic E-state index is 0.0250. The van der Waals surface area contributed by atoms with Crippen LogP contribution in [0, 0.1) is 17.2 Å². The molecule has 0 aromatic heterocycles. The Kier molecular flexibility index (Phi) is 2.80. The molecule has 2 nitrogen and oxygen atoms in total. The number of benzene rings is 1. The largest absolute Gasteiger partial charge is 0.380 e. The maximum atomic E-state index is 9.28. The quantitative estimate of drug-likeness (QED) is 0.716. The van der Waals surface area contributed by atoms with E-state index in [9.17, 15) is 5.26 Å². The van der Waals surface area contributed by atoms with Crippen molar-refractivity contribution in [3.63, 3.8) is 0 Å². The van der Waals surface area contributed by atoms with Gasteiger partial charge in [0.25, 0.3) is 0 Å². The van der Waals surface area contributed by atoms with Crippen LogP contribution in [-0.2, 0) is 10.2 Å². The fourth-order valence-electron chi connectivity index (χ4n) is 3.46. The van der Waals surface area contributed by atoms with Gasteiger partial charge in [0.2, 0.25) is 0 Å². The van der Waals surface area contributed by atoms with E-state index in [1.807, 2.05) is 12.1 Å². The highest BCUT2D eigenvalue weighted by atomic mass is 16.5. The second-order valence-electron chi connectivity index (χ2n) is 5.55. The predicted molar refractivity (Wildman–Crippen MR) is 75.5 cm³/mol. The molecule has 0 bridgehead atoms. The van der Waals surface area contributed by atoms with Crippen molar-refractivity contribution in [1.82, 2.24) is 0 Å². The van der Waals surface area contributed by atoms with E-state index in [1.165, 1.54) is 11.1 Å². The molecule has 1 spiro atoms. The molecule has 1 aromatic rings. The Morgan fingerprint density at radius 3 is 3.00 bits per heavy atom. The summed E-state index contributed by atoms with van der Waals surface area (Å²) in [6.07, 6.45) is 2.93. The molecule has 0 unspecified atom stereocenters. The predicted octanol–water partition coefficient (Wildman–Crippen LogP) is 3.46. The first kappa shape index (κ1) is 12.2. The molecule has 19 heavy (non-hydrogen) atoms. The lowest BCUT2D eigenvalue weighted by atomic mass is 9.64. The summed E-state index contributed by atoms with van der Waals surface area (Å²) in [5.74, 6) is 0.338. The van der Waals surface area contributed by atoms with Crippen molar-refractivity contribution in [1.29, 1.82) is 5.26 Å². The summed E-state index contributed by atoms with van der Waals surface area (Å²) in [7, 11) is 0. The number of ether oxygens (including phenoxy) is 1. The monoisotopic (exact) mass is 251 g/mol. The molecule has 1 aliphatic heterocycles. The number of hydrogen-bond acceptors (Lipinski definition) is 2. The summed E-state index contributed by atoms with van der Waals surface area (Å²) in [6, 6.07) is 10.5. The van der Waals surface area contributed by atoms with Gasteiger partial charge >= 0.3 is 0 Å². The van der Waals surface area contributed by atoms with Gasteiger partial charge in [0, 0.05) is 11.3 Å².